The normalized spacial score (nSPS) is 15.0. The van der Waals surface area contributed by atoms with Crippen LogP contribution in [0, 0.1) is 12.7 Å². The first-order valence-corrected chi connectivity index (χ1v) is 10.1. The van der Waals surface area contributed by atoms with E-state index in [1.807, 2.05) is 30.0 Å². The Morgan fingerprint density at radius 3 is 2.60 bits per heavy atom. The fourth-order valence-corrected chi connectivity index (χ4v) is 3.50. The fraction of sp³-hybridized carbons (Fsp3) is 0.391. The molecule has 7 heteroatoms. The molecule has 1 saturated heterocycles. The second-order valence-electron chi connectivity index (χ2n) is 7.49. The van der Waals surface area contributed by atoms with Crippen molar-refractivity contribution >= 4 is 35.8 Å². The summed E-state index contributed by atoms with van der Waals surface area (Å²) in [4.78, 5) is 18.2. The van der Waals surface area contributed by atoms with E-state index in [0.717, 1.165) is 29.7 Å². The SMILES string of the molecule is CN=C(NCc1ccccc1CN1CCCC1=O)NC(C)c1ccc(C)c(F)c1.I. The fourth-order valence-electron chi connectivity index (χ4n) is 3.50. The summed E-state index contributed by atoms with van der Waals surface area (Å²) in [6.07, 6.45) is 1.59. The molecule has 0 aliphatic carbocycles. The van der Waals surface area contributed by atoms with Crippen molar-refractivity contribution in [2.24, 2.45) is 4.99 Å². The monoisotopic (exact) mass is 524 g/mol. The first-order chi connectivity index (χ1) is 14.0. The topological polar surface area (TPSA) is 56.7 Å². The molecule has 1 atom stereocenters. The van der Waals surface area contributed by atoms with E-state index in [9.17, 15) is 9.18 Å². The molecule has 2 N–H and O–H groups in total. The van der Waals surface area contributed by atoms with Gasteiger partial charge in [0.15, 0.2) is 5.96 Å². The van der Waals surface area contributed by atoms with Crippen molar-refractivity contribution in [3.8, 4) is 0 Å². The third-order valence-electron chi connectivity index (χ3n) is 5.37. The highest BCUT2D eigenvalue weighted by Crippen LogP contribution is 2.18. The molecule has 2 aromatic rings. The molecule has 1 aliphatic rings. The number of benzene rings is 2. The molecule has 2 aromatic carbocycles. The highest BCUT2D eigenvalue weighted by atomic mass is 127. The number of amides is 1. The van der Waals surface area contributed by atoms with E-state index in [4.69, 9.17) is 0 Å². The van der Waals surface area contributed by atoms with Crippen LogP contribution in [0.2, 0.25) is 0 Å². The van der Waals surface area contributed by atoms with Gasteiger partial charge in [0.2, 0.25) is 5.91 Å². The average Bonchev–Trinajstić information content (AvgIpc) is 3.12. The Hall–Kier alpha value is -2.16. The van der Waals surface area contributed by atoms with Crippen LogP contribution in [0.25, 0.3) is 0 Å². The smallest absolute Gasteiger partial charge is 0.222 e. The van der Waals surface area contributed by atoms with E-state index in [2.05, 4.69) is 27.8 Å². The van der Waals surface area contributed by atoms with Crippen LogP contribution in [0.4, 0.5) is 4.39 Å². The van der Waals surface area contributed by atoms with Crippen LogP contribution in [0.3, 0.4) is 0 Å². The lowest BCUT2D eigenvalue weighted by Crippen LogP contribution is -2.38. The maximum Gasteiger partial charge on any atom is 0.222 e. The van der Waals surface area contributed by atoms with Crippen molar-refractivity contribution in [3.63, 3.8) is 0 Å². The van der Waals surface area contributed by atoms with Crippen molar-refractivity contribution < 1.29 is 9.18 Å². The largest absolute Gasteiger partial charge is 0.352 e. The molecule has 0 aromatic heterocycles. The maximum atomic E-state index is 13.9. The molecule has 1 unspecified atom stereocenters. The zero-order chi connectivity index (χ0) is 20.8. The number of nitrogens with zero attached hydrogens (tertiary/aromatic N) is 2. The van der Waals surface area contributed by atoms with Gasteiger partial charge in [0.05, 0.1) is 6.04 Å². The second kappa shape index (κ2) is 11.3. The van der Waals surface area contributed by atoms with Crippen LogP contribution in [-0.2, 0) is 17.9 Å². The van der Waals surface area contributed by atoms with Crippen LogP contribution >= 0.6 is 24.0 Å². The van der Waals surface area contributed by atoms with Crippen molar-refractivity contribution in [2.75, 3.05) is 13.6 Å². The van der Waals surface area contributed by atoms with E-state index < -0.39 is 0 Å². The summed E-state index contributed by atoms with van der Waals surface area (Å²) < 4.78 is 13.9. The Morgan fingerprint density at radius 1 is 1.23 bits per heavy atom. The second-order valence-corrected chi connectivity index (χ2v) is 7.49. The summed E-state index contributed by atoms with van der Waals surface area (Å²) in [5.74, 6) is 0.666. The molecule has 162 valence electrons. The molecule has 5 nitrogen and oxygen atoms in total. The minimum atomic E-state index is -0.204. The summed E-state index contributed by atoms with van der Waals surface area (Å²) >= 11 is 0. The summed E-state index contributed by atoms with van der Waals surface area (Å²) in [6, 6.07) is 13.3. The van der Waals surface area contributed by atoms with Crippen molar-refractivity contribution in [3.05, 3.63) is 70.5 Å². The van der Waals surface area contributed by atoms with Gasteiger partial charge in [-0.2, -0.15) is 0 Å². The van der Waals surface area contributed by atoms with Crippen molar-refractivity contribution in [1.82, 2.24) is 15.5 Å². The number of nitrogens with one attached hydrogen (secondary N) is 2. The number of hydrogen-bond acceptors (Lipinski definition) is 2. The third-order valence-corrected chi connectivity index (χ3v) is 5.37. The number of hydrogen-bond donors (Lipinski definition) is 2. The standard InChI is InChI=1S/C23H29FN4O.HI/c1-16-10-11-18(13-21(16)24)17(2)27-23(25-3)26-14-19-7-4-5-8-20(19)15-28-12-6-9-22(28)29;/h4-5,7-8,10-11,13,17H,6,9,12,14-15H2,1-3H3,(H2,25,26,27);1H. The lowest BCUT2D eigenvalue weighted by atomic mass is 10.1. The number of carbonyl (C=O) groups is 1. The molecule has 30 heavy (non-hydrogen) atoms. The number of aliphatic imine (C=N–C) groups is 1. The molecular formula is C23H30FIN4O. The van der Waals surface area contributed by atoms with Crippen molar-refractivity contribution in [2.45, 2.75) is 45.8 Å². The first-order valence-electron chi connectivity index (χ1n) is 10.1. The van der Waals surface area contributed by atoms with Crippen molar-refractivity contribution in [1.29, 1.82) is 0 Å². The van der Waals surface area contributed by atoms with Crippen LogP contribution in [0.15, 0.2) is 47.5 Å². The van der Waals surface area contributed by atoms with E-state index in [-0.39, 0.29) is 41.7 Å². The lowest BCUT2D eigenvalue weighted by molar-refractivity contribution is -0.128. The average molecular weight is 524 g/mol. The predicted molar refractivity (Wildman–Crippen MR) is 129 cm³/mol. The molecule has 0 bridgehead atoms. The summed E-state index contributed by atoms with van der Waals surface area (Å²) in [6.45, 7) is 5.79. The maximum absolute atomic E-state index is 13.9. The van der Waals surface area contributed by atoms with Gasteiger partial charge >= 0.3 is 0 Å². The first kappa shape index (κ1) is 24.1. The van der Waals surface area contributed by atoms with Gasteiger partial charge in [-0.15, -0.1) is 24.0 Å². The molecular weight excluding hydrogens is 494 g/mol. The highest BCUT2D eigenvalue weighted by molar-refractivity contribution is 14.0. The molecule has 0 spiro atoms. The minimum Gasteiger partial charge on any atom is -0.352 e. The van der Waals surface area contributed by atoms with E-state index in [1.165, 1.54) is 0 Å². The Labute approximate surface area is 195 Å². The Kier molecular flexibility index (Phi) is 9.08. The number of likely N-dealkylation sites (tertiary alicyclic amines) is 1. The number of aryl methyl sites for hydroxylation is 1. The van der Waals surface area contributed by atoms with Gasteiger partial charge in [0, 0.05) is 33.1 Å². The van der Waals surface area contributed by atoms with Gasteiger partial charge in [0.1, 0.15) is 5.82 Å². The molecule has 0 saturated carbocycles. The predicted octanol–water partition coefficient (Wildman–Crippen LogP) is 4.30. The van der Waals surface area contributed by atoms with Gasteiger partial charge in [-0.1, -0.05) is 36.4 Å². The number of carbonyl (C=O) groups excluding carboxylic acids is 1. The zero-order valence-corrected chi connectivity index (χ0v) is 20.1. The quantitative estimate of drug-likeness (QED) is 0.337. The van der Waals surface area contributed by atoms with Crippen LogP contribution in [0.5, 0.6) is 0 Å². The Morgan fingerprint density at radius 2 is 1.97 bits per heavy atom. The zero-order valence-electron chi connectivity index (χ0n) is 17.7. The van der Waals surface area contributed by atoms with Crippen LogP contribution in [0.1, 0.15) is 48.1 Å². The minimum absolute atomic E-state index is 0. The van der Waals surface area contributed by atoms with E-state index in [0.29, 0.717) is 31.0 Å². The molecule has 1 heterocycles. The molecule has 0 radical (unpaired) electrons. The van der Waals surface area contributed by atoms with Gasteiger partial charge < -0.3 is 15.5 Å². The van der Waals surface area contributed by atoms with Gasteiger partial charge in [-0.05, 0) is 48.6 Å². The van der Waals surface area contributed by atoms with Crippen LogP contribution < -0.4 is 10.6 Å². The molecule has 3 rings (SSSR count). The third kappa shape index (κ3) is 6.17. The molecule has 1 amide bonds. The van der Waals surface area contributed by atoms with Gasteiger partial charge in [-0.25, -0.2) is 4.39 Å². The Balaban J connectivity index is 0.00000320. The number of rotatable bonds is 6. The lowest BCUT2D eigenvalue weighted by Gasteiger charge is -2.21. The van der Waals surface area contributed by atoms with E-state index in [1.54, 1.807) is 26.1 Å². The number of halogens is 2. The summed E-state index contributed by atoms with van der Waals surface area (Å²) in [5.41, 5.74) is 3.77. The van der Waals surface area contributed by atoms with Gasteiger partial charge in [0.25, 0.3) is 0 Å². The number of guanidine groups is 1. The molecule has 1 fully saturated rings. The Bertz CT molecular complexity index is 903. The van der Waals surface area contributed by atoms with Gasteiger partial charge in [-0.3, -0.25) is 9.79 Å². The summed E-state index contributed by atoms with van der Waals surface area (Å²) in [7, 11) is 1.71. The highest BCUT2D eigenvalue weighted by Gasteiger charge is 2.21. The van der Waals surface area contributed by atoms with E-state index >= 15 is 0 Å². The van der Waals surface area contributed by atoms with Crippen LogP contribution in [-0.4, -0.2) is 30.4 Å². The molecule has 1 aliphatic heterocycles. The summed E-state index contributed by atoms with van der Waals surface area (Å²) in [5, 5.41) is 6.64.